The summed E-state index contributed by atoms with van der Waals surface area (Å²) in [6.07, 6.45) is -0.199. The zero-order chi connectivity index (χ0) is 16.0. The number of alkyl halides is 3. The molecule has 0 aliphatic heterocycles. The molecule has 118 valence electrons. The molecular weight excluding hydrogens is 303 g/mol. The lowest BCUT2D eigenvalue weighted by Gasteiger charge is -2.15. The molecule has 1 aromatic carbocycles. The standard InChI is InChI=1S/C14H18F3NO2S/c1-9(2)7-10(19)8-18-13(20)11-5-3-4-6-12(11)21-14(15,16)17/h3-6,9-10,19H,7-8H2,1-2H3,(H,18,20). The van der Waals surface area contributed by atoms with Crippen LogP contribution in [0, 0.1) is 5.92 Å². The number of aliphatic hydroxyl groups is 1. The maximum Gasteiger partial charge on any atom is 0.446 e. The summed E-state index contributed by atoms with van der Waals surface area (Å²) in [5, 5.41) is 12.1. The van der Waals surface area contributed by atoms with Crippen LogP contribution in [0.2, 0.25) is 0 Å². The van der Waals surface area contributed by atoms with E-state index in [2.05, 4.69) is 5.32 Å². The van der Waals surface area contributed by atoms with E-state index < -0.39 is 17.5 Å². The van der Waals surface area contributed by atoms with Gasteiger partial charge in [-0.3, -0.25) is 4.79 Å². The van der Waals surface area contributed by atoms with E-state index in [-0.39, 0.29) is 34.7 Å². The van der Waals surface area contributed by atoms with Crippen molar-refractivity contribution in [3.8, 4) is 0 Å². The first-order valence-corrected chi connectivity index (χ1v) is 7.31. The minimum Gasteiger partial charge on any atom is -0.391 e. The summed E-state index contributed by atoms with van der Waals surface area (Å²) in [5.41, 5.74) is -4.50. The van der Waals surface area contributed by atoms with E-state index in [1.165, 1.54) is 24.3 Å². The molecule has 3 nitrogen and oxygen atoms in total. The van der Waals surface area contributed by atoms with E-state index in [4.69, 9.17) is 0 Å². The van der Waals surface area contributed by atoms with Crippen LogP contribution in [0.3, 0.4) is 0 Å². The van der Waals surface area contributed by atoms with E-state index in [0.717, 1.165) is 0 Å². The van der Waals surface area contributed by atoms with E-state index >= 15 is 0 Å². The van der Waals surface area contributed by atoms with Crippen molar-refractivity contribution in [1.82, 2.24) is 5.32 Å². The van der Waals surface area contributed by atoms with Crippen molar-refractivity contribution in [3.05, 3.63) is 29.8 Å². The monoisotopic (exact) mass is 321 g/mol. The molecule has 0 saturated carbocycles. The molecule has 1 rings (SSSR count). The van der Waals surface area contributed by atoms with Gasteiger partial charge < -0.3 is 10.4 Å². The van der Waals surface area contributed by atoms with Crippen LogP contribution in [0.5, 0.6) is 0 Å². The summed E-state index contributed by atoms with van der Waals surface area (Å²) < 4.78 is 37.3. The Morgan fingerprint density at radius 1 is 1.33 bits per heavy atom. The number of rotatable bonds is 6. The van der Waals surface area contributed by atoms with Crippen molar-refractivity contribution in [2.45, 2.75) is 36.8 Å². The second-order valence-electron chi connectivity index (χ2n) is 5.04. The molecule has 0 aromatic heterocycles. The number of benzene rings is 1. The second kappa shape index (κ2) is 7.70. The van der Waals surface area contributed by atoms with Crippen LogP contribution in [0.1, 0.15) is 30.6 Å². The minimum atomic E-state index is -4.45. The number of hydrogen-bond donors (Lipinski definition) is 2. The van der Waals surface area contributed by atoms with Crippen molar-refractivity contribution in [2.75, 3.05) is 6.54 Å². The Morgan fingerprint density at radius 2 is 1.95 bits per heavy atom. The average Bonchev–Trinajstić information content (AvgIpc) is 2.34. The molecule has 0 heterocycles. The molecule has 0 aliphatic carbocycles. The van der Waals surface area contributed by atoms with Gasteiger partial charge in [-0.25, -0.2) is 0 Å². The van der Waals surface area contributed by atoms with E-state index in [1.807, 2.05) is 13.8 Å². The lowest BCUT2D eigenvalue weighted by atomic mass is 10.1. The topological polar surface area (TPSA) is 49.3 Å². The van der Waals surface area contributed by atoms with Crippen molar-refractivity contribution < 1.29 is 23.1 Å². The summed E-state index contributed by atoms with van der Waals surface area (Å²) in [5.74, 6) is -0.352. The molecule has 1 amide bonds. The Bertz CT molecular complexity index is 478. The maximum atomic E-state index is 12.4. The Kier molecular flexibility index (Phi) is 6.54. The van der Waals surface area contributed by atoms with Gasteiger partial charge in [-0.15, -0.1) is 0 Å². The average molecular weight is 321 g/mol. The fourth-order valence-corrected chi connectivity index (χ4v) is 2.47. The van der Waals surface area contributed by atoms with Gasteiger partial charge in [0, 0.05) is 11.4 Å². The van der Waals surface area contributed by atoms with Crippen LogP contribution in [-0.4, -0.2) is 29.2 Å². The molecule has 0 spiro atoms. The number of hydrogen-bond acceptors (Lipinski definition) is 3. The van der Waals surface area contributed by atoms with Gasteiger partial charge in [0.2, 0.25) is 0 Å². The van der Waals surface area contributed by atoms with Gasteiger partial charge in [-0.05, 0) is 36.2 Å². The van der Waals surface area contributed by atoms with Gasteiger partial charge in [-0.1, -0.05) is 26.0 Å². The highest BCUT2D eigenvalue weighted by Gasteiger charge is 2.31. The molecule has 21 heavy (non-hydrogen) atoms. The number of carbonyl (C=O) groups excluding carboxylic acids is 1. The smallest absolute Gasteiger partial charge is 0.391 e. The lowest BCUT2D eigenvalue weighted by molar-refractivity contribution is -0.0328. The Morgan fingerprint density at radius 3 is 2.52 bits per heavy atom. The third-order valence-electron chi connectivity index (χ3n) is 2.60. The van der Waals surface area contributed by atoms with Crippen LogP contribution >= 0.6 is 11.8 Å². The molecular formula is C14H18F3NO2S. The van der Waals surface area contributed by atoms with Crippen LogP contribution in [0.15, 0.2) is 29.2 Å². The minimum absolute atomic E-state index is 0.0159. The molecule has 0 radical (unpaired) electrons. The van der Waals surface area contributed by atoms with Crippen LogP contribution in [-0.2, 0) is 0 Å². The van der Waals surface area contributed by atoms with E-state index in [1.54, 1.807) is 0 Å². The first-order chi connectivity index (χ1) is 9.69. The fraction of sp³-hybridized carbons (Fsp3) is 0.500. The molecule has 1 aromatic rings. The van der Waals surface area contributed by atoms with Gasteiger partial charge in [-0.2, -0.15) is 13.2 Å². The van der Waals surface area contributed by atoms with E-state index in [9.17, 15) is 23.1 Å². The first-order valence-electron chi connectivity index (χ1n) is 6.50. The van der Waals surface area contributed by atoms with E-state index in [0.29, 0.717) is 6.42 Å². The van der Waals surface area contributed by atoms with Crippen molar-refractivity contribution in [1.29, 1.82) is 0 Å². The predicted molar refractivity (Wildman–Crippen MR) is 76.1 cm³/mol. The Hall–Kier alpha value is -1.21. The number of thioether (sulfide) groups is 1. The third-order valence-corrected chi connectivity index (χ3v) is 3.41. The van der Waals surface area contributed by atoms with Crippen LogP contribution in [0.4, 0.5) is 13.2 Å². The molecule has 2 N–H and O–H groups in total. The lowest BCUT2D eigenvalue weighted by Crippen LogP contribution is -2.33. The molecule has 1 unspecified atom stereocenters. The maximum absolute atomic E-state index is 12.4. The number of nitrogens with one attached hydrogen (secondary N) is 1. The highest BCUT2D eigenvalue weighted by atomic mass is 32.2. The van der Waals surface area contributed by atoms with Gasteiger partial charge in [0.25, 0.3) is 5.91 Å². The second-order valence-corrected chi connectivity index (χ2v) is 6.14. The Labute approximate surface area is 125 Å². The van der Waals surface area contributed by atoms with Gasteiger partial charge >= 0.3 is 5.51 Å². The first kappa shape index (κ1) is 17.8. The molecule has 7 heteroatoms. The molecule has 1 atom stereocenters. The largest absolute Gasteiger partial charge is 0.446 e. The van der Waals surface area contributed by atoms with Gasteiger partial charge in [0.15, 0.2) is 0 Å². The third kappa shape index (κ3) is 6.86. The van der Waals surface area contributed by atoms with Gasteiger partial charge in [0.1, 0.15) is 0 Å². The normalized spacial score (nSPS) is 13.3. The van der Waals surface area contributed by atoms with Crippen LogP contribution in [0.25, 0.3) is 0 Å². The van der Waals surface area contributed by atoms with Crippen molar-refractivity contribution in [2.24, 2.45) is 5.92 Å². The number of halogens is 3. The molecule has 0 aliphatic rings. The van der Waals surface area contributed by atoms with Gasteiger partial charge in [0.05, 0.1) is 11.7 Å². The summed E-state index contributed by atoms with van der Waals surface area (Å²) >= 11 is -0.323. The number of amides is 1. The highest BCUT2D eigenvalue weighted by Crippen LogP contribution is 2.38. The number of carbonyl (C=O) groups is 1. The fourth-order valence-electron chi connectivity index (χ4n) is 1.80. The molecule has 0 saturated heterocycles. The highest BCUT2D eigenvalue weighted by molar-refractivity contribution is 8.00. The SMILES string of the molecule is CC(C)CC(O)CNC(=O)c1ccccc1SC(F)(F)F. The Balaban J connectivity index is 2.70. The summed E-state index contributed by atoms with van der Waals surface area (Å²) in [6.45, 7) is 3.88. The van der Waals surface area contributed by atoms with Crippen LogP contribution < -0.4 is 5.32 Å². The van der Waals surface area contributed by atoms with Crippen molar-refractivity contribution >= 4 is 17.7 Å². The summed E-state index contributed by atoms with van der Waals surface area (Å²) in [6, 6.07) is 5.52. The molecule has 0 bridgehead atoms. The zero-order valence-electron chi connectivity index (χ0n) is 11.8. The predicted octanol–water partition coefficient (Wildman–Crippen LogP) is 3.44. The summed E-state index contributed by atoms with van der Waals surface area (Å²) in [4.78, 5) is 11.8. The number of aliphatic hydroxyl groups excluding tert-OH is 1. The molecule has 0 fully saturated rings. The zero-order valence-corrected chi connectivity index (χ0v) is 12.6. The summed E-state index contributed by atoms with van der Waals surface area (Å²) in [7, 11) is 0. The quantitative estimate of drug-likeness (QED) is 0.789. The van der Waals surface area contributed by atoms with Crippen molar-refractivity contribution in [3.63, 3.8) is 0 Å².